The predicted octanol–water partition coefficient (Wildman–Crippen LogP) is 1.83. The molecule has 1 aromatic rings. The highest BCUT2D eigenvalue weighted by Gasteiger charge is 2.60. The van der Waals surface area contributed by atoms with E-state index < -0.39 is 11.9 Å². The number of anilines is 1. The summed E-state index contributed by atoms with van der Waals surface area (Å²) in [5.74, 6) is -0.591. The van der Waals surface area contributed by atoms with Crippen molar-refractivity contribution in [1.29, 1.82) is 0 Å². The van der Waals surface area contributed by atoms with Crippen LogP contribution in [0.3, 0.4) is 0 Å². The zero-order valence-corrected chi connectivity index (χ0v) is 14.1. The Morgan fingerprint density at radius 1 is 1.16 bits per heavy atom. The van der Waals surface area contributed by atoms with E-state index in [1.165, 1.54) is 7.11 Å². The standard InChI is InChI=1S/C19H20N2O4/c1-10(17(22)20-13-5-3-4-6-14(13)25-2)21-18(23)15-11-7-8-12(9-11)16(15)19(21)24/h3-8,10-12,15-16H,9H2,1-2H3,(H,20,22)/t10-,11-,12-,15-,16-/m0/s1. The van der Waals surface area contributed by atoms with Crippen molar-refractivity contribution in [1.82, 2.24) is 4.90 Å². The van der Waals surface area contributed by atoms with E-state index in [4.69, 9.17) is 4.74 Å². The summed E-state index contributed by atoms with van der Waals surface area (Å²) in [4.78, 5) is 39.3. The molecule has 1 heterocycles. The number of allylic oxidation sites excluding steroid dienone is 2. The van der Waals surface area contributed by atoms with Gasteiger partial charge in [0.2, 0.25) is 17.7 Å². The van der Waals surface area contributed by atoms with Crippen molar-refractivity contribution in [3.63, 3.8) is 0 Å². The molecule has 4 rings (SSSR count). The van der Waals surface area contributed by atoms with Crippen molar-refractivity contribution in [3.8, 4) is 5.75 Å². The van der Waals surface area contributed by atoms with E-state index in [0.717, 1.165) is 11.3 Å². The minimum atomic E-state index is -0.852. The smallest absolute Gasteiger partial charge is 0.247 e. The van der Waals surface area contributed by atoms with Gasteiger partial charge in [0.25, 0.3) is 0 Å². The number of likely N-dealkylation sites (tertiary alicyclic amines) is 1. The summed E-state index contributed by atoms with van der Waals surface area (Å²) in [7, 11) is 1.52. The Hall–Kier alpha value is -2.63. The molecule has 1 saturated carbocycles. The summed E-state index contributed by atoms with van der Waals surface area (Å²) in [6.45, 7) is 1.59. The van der Waals surface area contributed by atoms with Gasteiger partial charge in [-0.05, 0) is 37.3 Å². The van der Waals surface area contributed by atoms with Crippen molar-refractivity contribution in [2.75, 3.05) is 12.4 Å². The van der Waals surface area contributed by atoms with E-state index in [-0.39, 0.29) is 35.5 Å². The van der Waals surface area contributed by atoms with Gasteiger partial charge in [-0.15, -0.1) is 0 Å². The third-order valence-corrected chi connectivity index (χ3v) is 5.64. The molecule has 1 aromatic carbocycles. The second-order valence-electron chi connectivity index (χ2n) is 6.91. The summed E-state index contributed by atoms with van der Waals surface area (Å²) in [5.41, 5.74) is 0.517. The van der Waals surface area contributed by atoms with Gasteiger partial charge in [0.15, 0.2) is 0 Å². The molecule has 2 aliphatic carbocycles. The second kappa shape index (κ2) is 5.72. The zero-order chi connectivity index (χ0) is 17.7. The quantitative estimate of drug-likeness (QED) is 0.670. The van der Waals surface area contributed by atoms with E-state index >= 15 is 0 Å². The van der Waals surface area contributed by atoms with E-state index in [1.54, 1.807) is 31.2 Å². The summed E-state index contributed by atoms with van der Waals surface area (Å²) in [6, 6.07) is 6.18. The van der Waals surface area contributed by atoms with Crippen molar-refractivity contribution in [2.45, 2.75) is 19.4 Å². The molecule has 0 radical (unpaired) electrons. The highest BCUT2D eigenvalue weighted by molar-refractivity contribution is 6.10. The molecule has 0 aromatic heterocycles. The van der Waals surface area contributed by atoms with Crippen molar-refractivity contribution in [2.24, 2.45) is 23.7 Å². The molecule has 3 aliphatic rings. The summed E-state index contributed by atoms with van der Waals surface area (Å²) < 4.78 is 5.22. The van der Waals surface area contributed by atoms with Crippen LogP contribution < -0.4 is 10.1 Å². The number of para-hydroxylation sites is 2. The number of fused-ring (bicyclic) bond motifs is 5. The maximum Gasteiger partial charge on any atom is 0.247 e. The zero-order valence-electron chi connectivity index (χ0n) is 14.1. The van der Waals surface area contributed by atoms with Gasteiger partial charge >= 0.3 is 0 Å². The van der Waals surface area contributed by atoms with Crippen molar-refractivity contribution >= 4 is 23.4 Å². The molecule has 0 unspecified atom stereocenters. The molecule has 2 fully saturated rings. The number of carbonyl (C=O) groups is 3. The summed E-state index contributed by atoms with van der Waals surface area (Å²) in [5, 5.41) is 2.76. The molecule has 3 amide bonds. The fourth-order valence-electron chi connectivity index (χ4n) is 4.41. The van der Waals surface area contributed by atoms with Crippen LogP contribution in [0.25, 0.3) is 0 Å². The predicted molar refractivity (Wildman–Crippen MR) is 90.7 cm³/mol. The van der Waals surface area contributed by atoms with Crippen LogP contribution in [0.4, 0.5) is 5.69 Å². The monoisotopic (exact) mass is 340 g/mol. The number of carbonyl (C=O) groups excluding carboxylic acids is 3. The normalized spacial score (nSPS) is 30.6. The van der Waals surface area contributed by atoms with Gasteiger partial charge in [0.05, 0.1) is 24.6 Å². The van der Waals surface area contributed by atoms with Gasteiger partial charge in [-0.25, -0.2) is 0 Å². The molecule has 1 N–H and O–H groups in total. The van der Waals surface area contributed by atoms with Gasteiger partial charge in [0.1, 0.15) is 11.8 Å². The lowest BCUT2D eigenvalue weighted by molar-refractivity contribution is -0.146. The van der Waals surface area contributed by atoms with Crippen LogP contribution in [0.15, 0.2) is 36.4 Å². The molecule has 1 aliphatic heterocycles. The summed E-state index contributed by atoms with van der Waals surface area (Å²) in [6.07, 6.45) is 4.96. The molecule has 130 valence electrons. The van der Waals surface area contributed by atoms with Crippen molar-refractivity contribution in [3.05, 3.63) is 36.4 Å². The third kappa shape index (κ3) is 2.27. The number of amides is 3. The maximum absolute atomic E-state index is 12.8. The lowest BCUT2D eigenvalue weighted by Crippen LogP contribution is -2.46. The Kier molecular flexibility index (Phi) is 3.63. The molecule has 6 nitrogen and oxygen atoms in total. The van der Waals surface area contributed by atoms with Crippen LogP contribution in [-0.4, -0.2) is 35.8 Å². The topological polar surface area (TPSA) is 75.7 Å². The fraction of sp³-hybridized carbons (Fsp3) is 0.421. The van der Waals surface area contributed by atoms with Crippen molar-refractivity contribution < 1.29 is 19.1 Å². The Morgan fingerprint density at radius 3 is 2.36 bits per heavy atom. The molecule has 2 bridgehead atoms. The van der Waals surface area contributed by atoms with Crippen LogP contribution in [0.5, 0.6) is 5.75 Å². The second-order valence-corrected chi connectivity index (χ2v) is 6.91. The van der Waals surface area contributed by atoms with Gasteiger partial charge in [-0.2, -0.15) is 0 Å². The number of benzene rings is 1. The number of rotatable bonds is 4. The number of imide groups is 1. The number of hydrogen-bond donors (Lipinski definition) is 1. The van der Waals surface area contributed by atoms with Gasteiger partial charge < -0.3 is 10.1 Å². The van der Waals surface area contributed by atoms with Crippen LogP contribution in [0, 0.1) is 23.7 Å². The van der Waals surface area contributed by atoms with Crippen LogP contribution in [-0.2, 0) is 14.4 Å². The first-order valence-corrected chi connectivity index (χ1v) is 8.52. The van der Waals surface area contributed by atoms with E-state index in [1.807, 2.05) is 12.2 Å². The van der Waals surface area contributed by atoms with Crippen LogP contribution >= 0.6 is 0 Å². The first-order chi connectivity index (χ1) is 12.0. The molecular formula is C19H20N2O4. The number of hydrogen-bond acceptors (Lipinski definition) is 4. The molecule has 0 spiro atoms. The Bertz CT molecular complexity index is 757. The summed E-state index contributed by atoms with van der Waals surface area (Å²) >= 11 is 0. The maximum atomic E-state index is 12.8. The number of nitrogens with zero attached hydrogens (tertiary/aromatic N) is 1. The number of ether oxygens (including phenoxy) is 1. The third-order valence-electron chi connectivity index (χ3n) is 5.64. The van der Waals surface area contributed by atoms with E-state index in [0.29, 0.717) is 11.4 Å². The lowest BCUT2D eigenvalue weighted by Gasteiger charge is -2.24. The SMILES string of the molecule is COc1ccccc1NC(=O)[C@H](C)N1C(=O)[C@@H]2[C@@H](C1=O)[C@H]1C=C[C@H]2C1. The average molecular weight is 340 g/mol. The number of methoxy groups -OCH3 is 1. The largest absolute Gasteiger partial charge is 0.495 e. The van der Waals surface area contributed by atoms with Gasteiger partial charge in [0, 0.05) is 0 Å². The minimum Gasteiger partial charge on any atom is -0.495 e. The Balaban J connectivity index is 1.53. The minimum absolute atomic E-state index is 0.140. The van der Waals surface area contributed by atoms with Crippen LogP contribution in [0.1, 0.15) is 13.3 Å². The first kappa shape index (κ1) is 15.9. The fourth-order valence-corrected chi connectivity index (χ4v) is 4.41. The van der Waals surface area contributed by atoms with E-state index in [2.05, 4.69) is 5.32 Å². The molecular weight excluding hydrogens is 320 g/mol. The highest BCUT2D eigenvalue weighted by atomic mass is 16.5. The highest BCUT2D eigenvalue weighted by Crippen LogP contribution is 2.52. The number of nitrogens with one attached hydrogen (secondary N) is 1. The molecule has 5 atom stereocenters. The molecule has 1 saturated heterocycles. The van der Waals surface area contributed by atoms with E-state index in [9.17, 15) is 14.4 Å². The average Bonchev–Trinajstić information content (AvgIpc) is 3.29. The van der Waals surface area contributed by atoms with Gasteiger partial charge in [-0.3, -0.25) is 19.3 Å². The molecule has 6 heteroatoms. The van der Waals surface area contributed by atoms with Crippen LogP contribution in [0.2, 0.25) is 0 Å². The van der Waals surface area contributed by atoms with Gasteiger partial charge in [-0.1, -0.05) is 24.3 Å². The first-order valence-electron chi connectivity index (χ1n) is 8.52. The Labute approximate surface area is 145 Å². The molecule has 25 heavy (non-hydrogen) atoms. The lowest BCUT2D eigenvalue weighted by atomic mass is 9.85. The Morgan fingerprint density at radius 2 is 1.76 bits per heavy atom.